The van der Waals surface area contributed by atoms with Crippen LogP contribution >= 0.6 is 24.0 Å². The van der Waals surface area contributed by atoms with Crippen LogP contribution in [0.3, 0.4) is 0 Å². The average molecular weight is 354 g/mol. The van der Waals surface area contributed by atoms with Crippen molar-refractivity contribution in [2.24, 2.45) is 0 Å². The molecule has 1 N–H and O–H groups in total. The Morgan fingerprint density at radius 2 is 1.79 bits per heavy atom. The predicted molar refractivity (Wildman–Crippen MR) is 103 cm³/mol. The fraction of sp³-hybridized carbons (Fsp3) is 0.0556. The lowest BCUT2D eigenvalue weighted by molar-refractivity contribution is -0.114. The number of rotatable bonds is 3. The van der Waals surface area contributed by atoms with Crippen LogP contribution in [0.25, 0.3) is 6.08 Å². The summed E-state index contributed by atoms with van der Waals surface area (Å²) in [6.45, 7) is 1.45. The molecule has 1 fully saturated rings. The van der Waals surface area contributed by atoms with Gasteiger partial charge in [0.2, 0.25) is 5.91 Å². The van der Waals surface area contributed by atoms with Crippen molar-refractivity contribution in [2.75, 3.05) is 10.2 Å². The lowest BCUT2D eigenvalue weighted by Gasteiger charge is -2.15. The zero-order valence-corrected chi connectivity index (χ0v) is 14.5. The SMILES string of the molecule is CC(=O)Nc1ccc(N2C(=O)/C(=C/c3ccccc3)SC2=S)cc1. The van der Waals surface area contributed by atoms with Gasteiger partial charge in [0.05, 0.1) is 10.6 Å². The Kier molecular flexibility index (Phi) is 4.78. The van der Waals surface area contributed by atoms with Gasteiger partial charge in [0, 0.05) is 12.6 Å². The largest absolute Gasteiger partial charge is 0.326 e. The average Bonchev–Trinajstić information content (AvgIpc) is 2.83. The first-order valence-electron chi connectivity index (χ1n) is 7.25. The molecule has 0 aliphatic carbocycles. The quantitative estimate of drug-likeness (QED) is 0.667. The number of thioether (sulfide) groups is 1. The molecule has 2 aromatic rings. The Balaban J connectivity index is 1.84. The number of carbonyl (C=O) groups is 2. The topological polar surface area (TPSA) is 49.4 Å². The fourth-order valence-corrected chi connectivity index (χ4v) is 3.59. The molecular formula is C18H14N2O2S2. The van der Waals surface area contributed by atoms with Gasteiger partial charge >= 0.3 is 0 Å². The van der Waals surface area contributed by atoms with Crippen molar-refractivity contribution >= 4 is 57.6 Å². The van der Waals surface area contributed by atoms with Crippen LogP contribution in [0.1, 0.15) is 12.5 Å². The smallest absolute Gasteiger partial charge is 0.270 e. The lowest BCUT2D eigenvalue weighted by atomic mass is 10.2. The molecule has 0 aromatic heterocycles. The molecule has 6 heteroatoms. The van der Waals surface area contributed by atoms with E-state index in [0.29, 0.717) is 20.6 Å². The van der Waals surface area contributed by atoms with Gasteiger partial charge in [-0.25, -0.2) is 0 Å². The maximum Gasteiger partial charge on any atom is 0.270 e. The number of thiocarbonyl (C=S) groups is 1. The zero-order valence-electron chi connectivity index (χ0n) is 12.9. The number of hydrogen-bond acceptors (Lipinski definition) is 4. The van der Waals surface area contributed by atoms with E-state index in [1.54, 1.807) is 24.3 Å². The molecule has 1 aliphatic rings. The van der Waals surface area contributed by atoms with Gasteiger partial charge in [0.1, 0.15) is 0 Å². The third-order valence-electron chi connectivity index (χ3n) is 3.34. The van der Waals surface area contributed by atoms with Crippen molar-refractivity contribution in [1.82, 2.24) is 0 Å². The summed E-state index contributed by atoms with van der Waals surface area (Å²) >= 11 is 6.64. The van der Waals surface area contributed by atoms with Crippen molar-refractivity contribution in [3.05, 3.63) is 65.1 Å². The number of nitrogens with one attached hydrogen (secondary N) is 1. The zero-order chi connectivity index (χ0) is 17.1. The Morgan fingerprint density at radius 3 is 2.42 bits per heavy atom. The van der Waals surface area contributed by atoms with E-state index in [-0.39, 0.29) is 11.8 Å². The van der Waals surface area contributed by atoms with Crippen molar-refractivity contribution in [2.45, 2.75) is 6.92 Å². The highest BCUT2D eigenvalue weighted by Crippen LogP contribution is 2.36. The van der Waals surface area contributed by atoms with Crippen LogP contribution in [-0.4, -0.2) is 16.1 Å². The Labute approximate surface area is 149 Å². The minimum Gasteiger partial charge on any atom is -0.326 e. The molecule has 1 aliphatic heterocycles. The fourth-order valence-electron chi connectivity index (χ4n) is 2.29. The Bertz CT molecular complexity index is 830. The summed E-state index contributed by atoms with van der Waals surface area (Å²) in [4.78, 5) is 25.8. The number of hydrogen-bond donors (Lipinski definition) is 1. The standard InChI is InChI=1S/C18H14N2O2S2/c1-12(21)19-14-7-9-15(10-8-14)20-17(22)16(24-18(20)23)11-13-5-3-2-4-6-13/h2-11H,1H3,(H,19,21)/b16-11-. The Morgan fingerprint density at radius 1 is 1.12 bits per heavy atom. The van der Waals surface area contributed by atoms with Crippen molar-refractivity contribution in [3.8, 4) is 0 Å². The molecule has 24 heavy (non-hydrogen) atoms. The van der Waals surface area contributed by atoms with Crippen LogP contribution in [0.2, 0.25) is 0 Å². The van der Waals surface area contributed by atoms with Crippen LogP contribution < -0.4 is 10.2 Å². The van der Waals surface area contributed by atoms with E-state index in [0.717, 1.165) is 5.56 Å². The first-order chi connectivity index (χ1) is 11.5. The minimum atomic E-state index is -0.140. The van der Waals surface area contributed by atoms with Crippen molar-refractivity contribution < 1.29 is 9.59 Å². The van der Waals surface area contributed by atoms with E-state index in [4.69, 9.17) is 12.2 Å². The summed E-state index contributed by atoms with van der Waals surface area (Å²) in [7, 11) is 0. The molecule has 0 saturated carbocycles. The molecular weight excluding hydrogens is 340 g/mol. The molecule has 0 unspecified atom stereocenters. The summed E-state index contributed by atoms with van der Waals surface area (Å²) in [6.07, 6.45) is 1.84. The number of anilines is 2. The number of nitrogens with zero attached hydrogens (tertiary/aromatic N) is 1. The normalized spacial score (nSPS) is 15.9. The molecule has 1 heterocycles. The van der Waals surface area contributed by atoms with Gasteiger partial charge < -0.3 is 5.32 Å². The van der Waals surface area contributed by atoms with E-state index in [9.17, 15) is 9.59 Å². The summed E-state index contributed by atoms with van der Waals surface area (Å²) in [6, 6.07) is 16.7. The molecule has 1 saturated heterocycles. The first-order valence-corrected chi connectivity index (χ1v) is 8.48. The molecule has 0 spiro atoms. The van der Waals surface area contributed by atoms with Gasteiger partial charge in [-0.15, -0.1) is 0 Å². The number of amides is 2. The maximum atomic E-state index is 12.7. The van der Waals surface area contributed by atoms with Crippen LogP contribution in [0, 0.1) is 0 Å². The van der Waals surface area contributed by atoms with E-state index in [1.165, 1.54) is 23.6 Å². The lowest BCUT2D eigenvalue weighted by Crippen LogP contribution is -2.27. The molecule has 2 aromatic carbocycles. The van der Waals surface area contributed by atoms with Gasteiger partial charge in [0.25, 0.3) is 5.91 Å². The van der Waals surface area contributed by atoms with E-state index < -0.39 is 0 Å². The highest BCUT2D eigenvalue weighted by molar-refractivity contribution is 8.27. The molecule has 0 radical (unpaired) electrons. The third kappa shape index (κ3) is 3.55. The number of carbonyl (C=O) groups excluding carboxylic acids is 2. The highest BCUT2D eigenvalue weighted by Gasteiger charge is 2.33. The van der Waals surface area contributed by atoms with E-state index >= 15 is 0 Å². The second-order valence-electron chi connectivity index (χ2n) is 5.16. The summed E-state index contributed by atoms with van der Waals surface area (Å²) in [5.74, 6) is -0.278. The second kappa shape index (κ2) is 6.98. The predicted octanol–water partition coefficient (Wildman–Crippen LogP) is 4.05. The highest BCUT2D eigenvalue weighted by atomic mass is 32.2. The second-order valence-corrected chi connectivity index (χ2v) is 6.83. The van der Waals surface area contributed by atoms with E-state index in [2.05, 4.69) is 5.32 Å². The van der Waals surface area contributed by atoms with Crippen LogP contribution in [0.15, 0.2) is 59.5 Å². The summed E-state index contributed by atoms with van der Waals surface area (Å²) in [5.41, 5.74) is 2.32. The van der Waals surface area contributed by atoms with Crippen LogP contribution in [0.5, 0.6) is 0 Å². The van der Waals surface area contributed by atoms with Gasteiger partial charge in [-0.3, -0.25) is 14.5 Å². The van der Waals surface area contributed by atoms with Gasteiger partial charge in [-0.2, -0.15) is 0 Å². The summed E-state index contributed by atoms with van der Waals surface area (Å²) in [5, 5.41) is 2.69. The van der Waals surface area contributed by atoms with Gasteiger partial charge in [0.15, 0.2) is 4.32 Å². The van der Waals surface area contributed by atoms with E-state index in [1.807, 2.05) is 36.4 Å². The first kappa shape index (κ1) is 16.4. The van der Waals surface area contributed by atoms with Crippen molar-refractivity contribution in [3.63, 3.8) is 0 Å². The van der Waals surface area contributed by atoms with Crippen LogP contribution in [-0.2, 0) is 9.59 Å². The summed E-state index contributed by atoms with van der Waals surface area (Å²) < 4.78 is 0.495. The number of benzene rings is 2. The van der Waals surface area contributed by atoms with Gasteiger partial charge in [-0.1, -0.05) is 54.3 Å². The Hall–Kier alpha value is -2.44. The third-order valence-corrected chi connectivity index (χ3v) is 4.64. The van der Waals surface area contributed by atoms with Crippen LogP contribution in [0.4, 0.5) is 11.4 Å². The molecule has 4 nitrogen and oxygen atoms in total. The van der Waals surface area contributed by atoms with Crippen molar-refractivity contribution in [1.29, 1.82) is 0 Å². The molecule has 0 atom stereocenters. The molecule has 3 rings (SSSR count). The van der Waals surface area contributed by atoms with Gasteiger partial charge in [-0.05, 0) is 35.9 Å². The minimum absolute atomic E-state index is 0.138. The monoisotopic (exact) mass is 354 g/mol. The molecule has 120 valence electrons. The molecule has 0 bridgehead atoms. The maximum absolute atomic E-state index is 12.7. The molecule has 2 amide bonds.